The largest absolute Gasteiger partial charge is 0.434 e. The van der Waals surface area contributed by atoms with Crippen LogP contribution in [0.4, 0.5) is 24.7 Å². The van der Waals surface area contributed by atoms with Crippen LogP contribution in [0.25, 0.3) is 11.4 Å². The standard InChI is InChI=1S/C21H22ClF3N6O/c1-4-17(32)28-15-10-27-20(22)30-18(15)26-9-13-5-7-14(8-6-13)19-29-16(21(23,24)25)11-31(19)12(2)3/h5-8,10-12H,4,9H2,1-3H3,(H,28,32)(H,26,27,30). The molecule has 170 valence electrons. The number of imidazole rings is 1. The maximum absolute atomic E-state index is 13.1. The van der Waals surface area contributed by atoms with Crippen LogP contribution in [0.1, 0.15) is 44.5 Å². The molecule has 0 atom stereocenters. The lowest BCUT2D eigenvalue weighted by atomic mass is 10.1. The molecule has 0 spiro atoms. The van der Waals surface area contributed by atoms with Gasteiger partial charge in [0, 0.05) is 30.8 Å². The molecule has 0 unspecified atom stereocenters. The Hall–Kier alpha value is -3.14. The fraction of sp³-hybridized carbons (Fsp3) is 0.333. The van der Waals surface area contributed by atoms with E-state index in [9.17, 15) is 18.0 Å². The second kappa shape index (κ2) is 9.56. The fourth-order valence-electron chi connectivity index (χ4n) is 2.92. The summed E-state index contributed by atoms with van der Waals surface area (Å²) in [5, 5.41) is 5.82. The number of nitrogens with one attached hydrogen (secondary N) is 2. The molecule has 1 amide bonds. The summed E-state index contributed by atoms with van der Waals surface area (Å²) in [6, 6.07) is 6.80. The van der Waals surface area contributed by atoms with Crippen LogP contribution in [0, 0.1) is 0 Å². The zero-order valence-electron chi connectivity index (χ0n) is 17.7. The van der Waals surface area contributed by atoms with Crippen LogP contribution in [0.15, 0.2) is 36.7 Å². The Balaban J connectivity index is 1.79. The third-order valence-electron chi connectivity index (χ3n) is 4.61. The normalized spacial score (nSPS) is 11.6. The molecule has 2 heterocycles. The number of nitrogens with zero attached hydrogens (tertiary/aromatic N) is 4. The van der Waals surface area contributed by atoms with Gasteiger partial charge in [0.1, 0.15) is 11.5 Å². The molecule has 0 radical (unpaired) electrons. The zero-order valence-corrected chi connectivity index (χ0v) is 18.4. The highest BCUT2D eigenvalue weighted by Gasteiger charge is 2.35. The van der Waals surface area contributed by atoms with E-state index in [0.29, 0.717) is 30.0 Å². The summed E-state index contributed by atoms with van der Waals surface area (Å²) in [4.78, 5) is 23.5. The van der Waals surface area contributed by atoms with E-state index in [1.54, 1.807) is 45.0 Å². The van der Waals surface area contributed by atoms with Crippen molar-refractivity contribution >= 4 is 29.0 Å². The Bertz CT molecular complexity index is 1100. The number of hydrogen-bond acceptors (Lipinski definition) is 5. The highest BCUT2D eigenvalue weighted by molar-refractivity contribution is 6.28. The van der Waals surface area contributed by atoms with Gasteiger partial charge in [-0.25, -0.2) is 9.97 Å². The Morgan fingerprint density at radius 2 is 1.88 bits per heavy atom. The van der Waals surface area contributed by atoms with Crippen molar-refractivity contribution in [3.63, 3.8) is 0 Å². The van der Waals surface area contributed by atoms with Crippen molar-refractivity contribution in [1.29, 1.82) is 0 Å². The first-order valence-corrected chi connectivity index (χ1v) is 10.3. The van der Waals surface area contributed by atoms with Crippen LogP contribution in [0.2, 0.25) is 5.28 Å². The van der Waals surface area contributed by atoms with E-state index < -0.39 is 11.9 Å². The molecular weight excluding hydrogens is 445 g/mol. The second-order valence-electron chi connectivity index (χ2n) is 7.30. The lowest BCUT2D eigenvalue weighted by molar-refractivity contribution is -0.140. The molecule has 3 rings (SSSR count). The highest BCUT2D eigenvalue weighted by atomic mass is 35.5. The minimum Gasteiger partial charge on any atom is -0.364 e. The number of amides is 1. The summed E-state index contributed by atoms with van der Waals surface area (Å²) in [7, 11) is 0. The van der Waals surface area contributed by atoms with Gasteiger partial charge in [-0.15, -0.1) is 0 Å². The Morgan fingerprint density at radius 1 is 1.19 bits per heavy atom. The van der Waals surface area contributed by atoms with Crippen LogP contribution in [-0.4, -0.2) is 25.4 Å². The third-order valence-corrected chi connectivity index (χ3v) is 4.79. The van der Waals surface area contributed by atoms with Gasteiger partial charge < -0.3 is 15.2 Å². The van der Waals surface area contributed by atoms with Gasteiger partial charge in [-0.1, -0.05) is 31.2 Å². The molecule has 0 aliphatic carbocycles. The fourth-order valence-corrected chi connectivity index (χ4v) is 3.05. The number of halogens is 4. The first-order chi connectivity index (χ1) is 15.1. The minimum absolute atomic E-state index is 0.0262. The molecule has 0 saturated heterocycles. The Labute approximate surface area is 188 Å². The zero-order chi connectivity index (χ0) is 23.5. The van der Waals surface area contributed by atoms with Crippen molar-refractivity contribution in [3.05, 3.63) is 53.2 Å². The van der Waals surface area contributed by atoms with Crippen LogP contribution < -0.4 is 10.6 Å². The van der Waals surface area contributed by atoms with Gasteiger partial charge >= 0.3 is 6.18 Å². The van der Waals surface area contributed by atoms with Gasteiger partial charge in [-0.2, -0.15) is 18.2 Å². The lowest BCUT2D eigenvalue weighted by Gasteiger charge is -2.13. The van der Waals surface area contributed by atoms with E-state index >= 15 is 0 Å². The number of anilines is 2. The molecular formula is C21H22ClF3N6O. The first kappa shape index (κ1) is 23.5. The number of benzene rings is 1. The second-order valence-corrected chi connectivity index (χ2v) is 7.64. The molecule has 11 heteroatoms. The van der Waals surface area contributed by atoms with E-state index in [1.807, 2.05) is 0 Å². The van der Waals surface area contributed by atoms with Gasteiger partial charge in [-0.05, 0) is 31.0 Å². The monoisotopic (exact) mass is 466 g/mol. The quantitative estimate of drug-likeness (QED) is 0.446. The third kappa shape index (κ3) is 5.56. The van der Waals surface area contributed by atoms with Crippen molar-refractivity contribution < 1.29 is 18.0 Å². The van der Waals surface area contributed by atoms with Gasteiger partial charge in [0.15, 0.2) is 11.5 Å². The maximum atomic E-state index is 13.1. The van der Waals surface area contributed by atoms with Gasteiger partial charge in [0.05, 0.1) is 6.20 Å². The lowest BCUT2D eigenvalue weighted by Crippen LogP contribution is -2.13. The Kier molecular flexibility index (Phi) is 7.02. The number of hydrogen-bond donors (Lipinski definition) is 2. The molecule has 2 N–H and O–H groups in total. The molecule has 32 heavy (non-hydrogen) atoms. The van der Waals surface area contributed by atoms with E-state index in [0.717, 1.165) is 11.8 Å². The summed E-state index contributed by atoms with van der Waals surface area (Å²) >= 11 is 5.87. The number of rotatable bonds is 7. The first-order valence-electron chi connectivity index (χ1n) is 9.90. The van der Waals surface area contributed by atoms with Crippen LogP contribution in [0.3, 0.4) is 0 Å². The van der Waals surface area contributed by atoms with E-state index in [2.05, 4.69) is 25.6 Å². The topological polar surface area (TPSA) is 84.7 Å². The number of carbonyl (C=O) groups is 1. The molecule has 0 bridgehead atoms. The summed E-state index contributed by atoms with van der Waals surface area (Å²) < 4.78 is 40.9. The van der Waals surface area contributed by atoms with Crippen molar-refractivity contribution in [1.82, 2.24) is 19.5 Å². The summed E-state index contributed by atoms with van der Waals surface area (Å²) in [6.45, 7) is 5.66. The van der Waals surface area contributed by atoms with Crippen LogP contribution >= 0.6 is 11.6 Å². The highest BCUT2D eigenvalue weighted by Crippen LogP contribution is 2.32. The average molecular weight is 467 g/mol. The van der Waals surface area contributed by atoms with Crippen molar-refractivity contribution in [3.8, 4) is 11.4 Å². The van der Waals surface area contributed by atoms with Gasteiger partial charge in [0.2, 0.25) is 11.2 Å². The van der Waals surface area contributed by atoms with E-state index in [-0.39, 0.29) is 23.1 Å². The molecule has 0 aliphatic rings. The predicted octanol–water partition coefficient (Wildman–Crippen LogP) is 5.55. The van der Waals surface area contributed by atoms with Crippen molar-refractivity contribution in [2.24, 2.45) is 0 Å². The summed E-state index contributed by atoms with van der Waals surface area (Å²) in [6.07, 6.45) is -1.77. The van der Waals surface area contributed by atoms with Crippen LogP contribution in [-0.2, 0) is 17.5 Å². The van der Waals surface area contributed by atoms with Crippen LogP contribution in [0.5, 0.6) is 0 Å². The van der Waals surface area contributed by atoms with Crippen molar-refractivity contribution in [2.45, 2.75) is 46.0 Å². The molecule has 0 aliphatic heterocycles. The number of alkyl halides is 3. The SMILES string of the molecule is CCC(=O)Nc1cnc(Cl)nc1NCc1ccc(-c2nc(C(F)(F)F)cn2C(C)C)cc1. The summed E-state index contributed by atoms with van der Waals surface area (Å²) in [5.74, 6) is 0.419. The van der Waals surface area contributed by atoms with Gasteiger partial charge in [-0.3, -0.25) is 4.79 Å². The van der Waals surface area contributed by atoms with Gasteiger partial charge in [0.25, 0.3) is 0 Å². The molecule has 2 aromatic heterocycles. The van der Waals surface area contributed by atoms with E-state index in [1.165, 1.54) is 10.8 Å². The molecule has 7 nitrogen and oxygen atoms in total. The van der Waals surface area contributed by atoms with Crippen molar-refractivity contribution in [2.75, 3.05) is 10.6 Å². The average Bonchev–Trinajstić information content (AvgIpc) is 3.20. The molecule has 1 aromatic carbocycles. The smallest absolute Gasteiger partial charge is 0.364 e. The maximum Gasteiger partial charge on any atom is 0.434 e. The minimum atomic E-state index is -4.51. The Morgan fingerprint density at radius 3 is 2.47 bits per heavy atom. The molecule has 0 fully saturated rings. The number of aromatic nitrogens is 4. The number of carbonyl (C=O) groups excluding carboxylic acids is 1. The molecule has 3 aromatic rings. The summed E-state index contributed by atoms with van der Waals surface area (Å²) in [5.41, 5.74) is 0.889. The molecule has 0 saturated carbocycles. The predicted molar refractivity (Wildman–Crippen MR) is 116 cm³/mol. The van der Waals surface area contributed by atoms with E-state index in [4.69, 9.17) is 11.6 Å².